The average molecular weight is 358 g/mol. The Morgan fingerprint density at radius 3 is 2.46 bits per heavy atom. The number of allylic oxidation sites excluding steroid dienone is 1. The molecule has 1 N–H and O–H groups in total. The molecule has 0 amide bonds. The van der Waals surface area contributed by atoms with Crippen molar-refractivity contribution in [2.45, 2.75) is 65.7 Å². The maximum absolute atomic E-state index is 12.2. The second kappa shape index (κ2) is 5.77. The molecule has 142 valence electrons. The van der Waals surface area contributed by atoms with Crippen LogP contribution >= 0.6 is 0 Å². The Balaban J connectivity index is 1.73. The lowest BCUT2D eigenvalue weighted by Gasteiger charge is -2.59. The van der Waals surface area contributed by atoms with Gasteiger partial charge in [-0.3, -0.25) is 14.4 Å². The highest BCUT2D eigenvalue weighted by Crippen LogP contribution is 2.67. The summed E-state index contributed by atoms with van der Waals surface area (Å²) in [4.78, 5) is 36.4. The largest absolute Gasteiger partial charge is 0.481 e. The van der Waals surface area contributed by atoms with Gasteiger partial charge in [-0.1, -0.05) is 19.4 Å². The highest BCUT2D eigenvalue weighted by atomic mass is 16.4. The first-order valence-electron chi connectivity index (χ1n) is 10.2. The van der Waals surface area contributed by atoms with Crippen LogP contribution in [0.1, 0.15) is 65.7 Å². The van der Waals surface area contributed by atoms with E-state index in [0.29, 0.717) is 23.5 Å². The van der Waals surface area contributed by atoms with Crippen molar-refractivity contribution >= 4 is 17.5 Å². The van der Waals surface area contributed by atoms with Crippen LogP contribution in [-0.4, -0.2) is 22.6 Å². The smallest absolute Gasteiger partial charge is 0.307 e. The number of hydrogen-bond acceptors (Lipinski definition) is 3. The fraction of sp³-hybridized carbons (Fsp3) is 0.773. The van der Waals surface area contributed by atoms with Gasteiger partial charge >= 0.3 is 5.97 Å². The lowest BCUT2D eigenvalue weighted by Crippen LogP contribution is -2.55. The molecule has 0 aliphatic heterocycles. The number of rotatable bonds is 2. The minimum absolute atomic E-state index is 0.0264. The number of ketones is 2. The van der Waals surface area contributed by atoms with Crippen LogP contribution in [0.25, 0.3) is 0 Å². The molecule has 0 aromatic carbocycles. The van der Waals surface area contributed by atoms with Gasteiger partial charge in [0, 0.05) is 17.8 Å². The van der Waals surface area contributed by atoms with Crippen LogP contribution in [0.2, 0.25) is 0 Å². The Bertz CT molecular complexity index is 707. The van der Waals surface area contributed by atoms with Crippen LogP contribution < -0.4 is 0 Å². The van der Waals surface area contributed by atoms with Crippen molar-refractivity contribution in [2.24, 2.45) is 40.4 Å². The number of carboxylic acids is 1. The van der Waals surface area contributed by atoms with Crippen molar-refractivity contribution in [1.29, 1.82) is 0 Å². The summed E-state index contributed by atoms with van der Waals surface area (Å²) in [6, 6.07) is 0. The van der Waals surface area contributed by atoms with Crippen molar-refractivity contribution in [3.05, 3.63) is 11.6 Å². The van der Waals surface area contributed by atoms with Gasteiger partial charge in [0.1, 0.15) is 5.78 Å². The van der Waals surface area contributed by atoms with Gasteiger partial charge in [0.2, 0.25) is 0 Å². The van der Waals surface area contributed by atoms with Crippen LogP contribution in [0, 0.1) is 40.4 Å². The quantitative estimate of drug-likeness (QED) is 0.809. The summed E-state index contributed by atoms with van der Waals surface area (Å²) in [6.45, 7) is 6.15. The summed E-state index contributed by atoms with van der Waals surface area (Å²) in [5.41, 5.74) is 0.749. The Morgan fingerprint density at radius 2 is 1.81 bits per heavy atom. The van der Waals surface area contributed by atoms with Crippen molar-refractivity contribution in [2.75, 3.05) is 0 Å². The van der Waals surface area contributed by atoms with Crippen molar-refractivity contribution in [1.82, 2.24) is 0 Å². The van der Waals surface area contributed by atoms with Gasteiger partial charge in [-0.2, -0.15) is 0 Å². The van der Waals surface area contributed by atoms with Gasteiger partial charge in [-0.05, 0) is 74.7 Å². The summed E-state index contributed by atoms with van der Waals surface area (Å²) in [7, 11) is 0. The molecule has 4 nitrogen and oxygen atoms in total. The SMILES string of the molecule is CC(=O)[C@H]1CC[C@H]2[C@@H]3CCC4=CC(=O)CC(C(=O)O)[C@]4(C)[C@H]3CC[C@]12C. The molecule has 3 fully saturated rings. The van der Waals surface area contributed by atoms with Crippen molar-refractivity contribution in [3.63, 3.8) is 0 Å². The Kier molecular flexibility index (Phi) is 3.98. The number of carbonyl (C=O) groups is 3. The molecule has 1 unspecified atom stereocenters. The molecule has 4 aliphatic rings. The third-order valence-corrected chi connectivity index (χ3v) is 8.90. The summed E-state index contributed by atoms with van der Waals surface area (Å²) in [6.07, 6.45) is 7.83. The van der Waals surface area contributed by atoms with E-state index in [9.17, 15) is 19.5 Å². The molecule has 0 radical (unpaired) electrons. The molecule has 3 saturated carbocycles. The first-order chi connectivity index (χ1) is 12.2. The van der Waals surface area contributed by atoms with E-state index in [2.05, 4.69) is 13.8 Å². The van der Waals surface area contributed by atoms with Gasteiger partial charge in [0.15, 0.2) is 5.78 Å². The van der Waals surface area contributed by atoms with Gasteiger partial charge in [-0.15, -0.1) is 0 Å². The monoisotopic (exact) mass is 358 g/mol. The molecule has 4 rings (SSSR count). The van der Waals surface area contributed by atoms with Gasteiger partial charge in [0.05, 0.1) is 5.92 Å². The highest BCUT2D eigenvalue weighted by Gasteiger charge is 2.62. The first-order valence-corrected chi connectivity index (χ1v) is 10.2. The summed E-state index contributed by atoms with van der Waals surface area (Å²) in [5, 5.41) is 9.88. The van der Waals surface area contributed by atoms with Crippen LogP contribution in [0.3, 0.4) is 0 Å². The van der Waals surface area contributed by atoms with E-state index in [1.165, 1.54) is 0 Å². The third-order valence-electron chi connectivity index (χ3n) is 8.90. The molecule has 4 heteroatoms. The molecule has 0 heterocycles. The summed E-state index contributed by atoms with van der Waals surface area (Å²) < 4.78 is 0. The molecular formula is C22H30O4. The van der Waals surface area contributed by atoms with Gasteiger partial charge in [0.25, 0.3) is 0 Å². The Hall–Kier alpha value is -1.45. The lowest BCUT2D eigenvalue weighted by atomic mass is 9.44. The zero-order valence-corrected chi connectivity index (χ0v) is 16.1. The molecule has 0 saturated heterocycles. The van der Waals surface area contributed by atoms with Crippen molar-refractivity contribution in [3.8, 4) is 0 Å². The van der Waals surface area contributed by atoms with E-state index in [1.54, 1.807) is 13.0 Å². The average Bonchev–Trinajstić information content (AvgIpc) is 2.92. The second-order valence-corrected chi connectivity index (χ2v) is 9.71. The Labute approximate surface area is 155 Å². The second-order valence-electron chi connectivity index (χ2n) is 9.71. The molecule has 4 aliphatic carbocycles. The van der Waals surface area contributed by atoms with Gasteiger partial charge < -0.3 is 5.11 Å². The predicted octanol–water partition coefficient (Wildman–Crippen LogP) is 4.03. The molecule has 0 bridgehead atoms. The number of carboxylic acid groups (broad SMARTS) is 1. The number of hydrogen-bond donors (Lipinski definition) is 1. The summed E-state index contributed by atoms with van der Waals surface area (Å²) in [5.74, 6) is 0.354. The van der Waals surface area contributed by atoms with Crippen LogP contribution in [-0.2, 0) is 14.4 Å². The third kappa shape index (κ3) is 2.23. The minimum atomic E-state index is -0.825. The molecule has 7 atom stereocenters. The number of aliphatic carboxylic acids is 1. The van der Waals surface area contributed by atoms with E-state index in [-0.39, 0.29) is 23.5 Å². The van der Waals surface area contributed by atoms with E-state index < -0.39 is 17.3 Å². The fourth-order valence-corrected chi connectivity index (χ4v) is 7.65. The molecule has 0 aromatic rings. The maximum Gasteiger partial charge on any atom is 0.307 e. The minimum Gasteiger partial charge on any atom is -0.481 e. The topological polar surface area (TPSA) is 71.4 Å². The van der Waals surface area contributed by atoms with Crippen molar-refractivity contribution < 1.29 is 19.5 Å². The number of Topliss-reactive ketones (excluding diaryl/α,β-unsaturated/α-hetero) is 1. The molecule has 0 aromatic heterocycles. The Morgan fingerprint density at radius 1 is 1.08 bits per heavy atom. The standard InChI is InChI=1S/C22H30O4/c1-12(23)16-6-7-17-15-5-4-13-10-14(24)11-19(20(25)26)22(13,3)18(15)8-9-21(16,17)2/h10,15-19H,4-9,11H2,1-3H3,(H,25,26)/t15-,16+,17-,18-,19?,21+,22-/m0/s1. The predicted molar refractivity (Wildman–Crippen MR) is 97.4 cm³/mol. The van der Waals surface area contributed by atoms with E-state index in [4.69, 9.17) is 0 Å². The number of carbonyl (C=O) groups excluding carboxylic acids is 2. The van der Waals surface area contributed by atoms with Crippen LogP contribution in [0.5, 0.6) is 0 Å². The zero-order valence-electron chi connectivity index (χ0n) is 16.1. The van der Waals surface area contributed by atoms with Crippen LogP contribution in [0.4, 0.5) is 0 Å². The normalized spacial score (nSPS) is 47.4. The number of fused-ring (bicyclic) bond motifs is 5. The maximum atomic E-state index is 12.2. The summed E-state index contributed by atoms with van der Waals surface area (Å²) >= 11 is 0. The van der Waals surface area contributed by atoms with E-state index in [1.807, 2.05) is 0 Å². The van der Waals surface area contributed by atoms with E-state index in [0.717, 1.165) is 44.1 Å². The van der Waals surface area contributed by atoms with Gasteiger partial charge in [-0.25, -0.2) is 0 Å². The van der Waals surface area contributed by atoms with E-state index >= 15 is 0 Å². The first kappa shape index (κ1) is 17.9. The molecular weight excluding hydrogens is 328 g/mol. The molecule has 0 spiro atoms. The zero-order chi connectivity index (χ0) is 18.9. The fourth-order valence-electron chi connectivity index (χ4n) is 7.65. The highest BCUT2D eigenvalue weighted by molar-refractivity contribution is 5.95. The van der Waals surface area contributed by atoms with Crippen LogP contribution in [0.15, 0.2) is 11.6 Å². The lowest BCUT2D eigenvalue weighted by molar-refractivity contribution is -0.154. The molecule has 26 heavy (non-hydrogen) atoms.